The number of aromatic nitrogens is 2. The summed E-state index contributed by atoms with van der Waals surface area (Å²) in [5.41, 5.74) is 0.160. The first-order valence-electron chi connectivity index (χ1n) is 7.01. The van der Waals surface area contributed by atoms with Crippen LogP contribution in [0.4, 0.5) is 0 Å². The maximum absolute atomic E-state index is 12.7. The minimum atomic E-state index is -1.02. The van der Waals surface area contributed by atoms with E-state index in [0.29, 0.717) is 24.0 Å². The van der Waals surface area contributed by atoms with Crippen LogP contribution in [0, 0.1) is 5.41 Å². The molecular weight excluding hydrogens is 286 g/mol. The summed E-state index contributed by atoms with van der Waals surface area (Å²) < 4.78 is 5.05. The van der Waals surface area contributed by atoms with Crippen molar-refractivity contribution in [2.45, 2.75) is 6.42 Å². The summed E-state index contributed by atoms with van der Waals surface area (Å²) in [5.74, 6) is -1.11. The van der Waals surface area contributed by atoms with Gasteiger partial charge in [-0.3, -0.25) is 14.7 Å². The topological polar surface area (TPSA) is 95.5 Å². The Morgan fingerprint density at radius 3 is 3.05 bits per heavy atom. The molecule has 1 aliphatic heterocycles. The number of carboxylic acid groups (broad SMARTS) is 1. The van der Waals surface area contributed by atoms with E-state index in [-0.39, 0.29) is 19.1 Å². The van der Waals surface area contributed by atoms with Gasteiger partial charge in [0.1, 0.15) is 5.41 Å². The molecule has 2 aromatic rings. The number of carbonyl (C=O) groups is 2. The molecule has 0 radical (unpaired) electrons. The largest absolute Gasteiger partial charge is 0.481 e. The Labute approximate surface area is 126 Å². The van der Waals surface area contributed by atoms with Gasteiger partial charge in [-0.2, -0.15) is 5.10 Å². The third kappa shape index (κ3) is 2.23. The van der Waals surface area contributed by atoms with Crippen LogP contribution in [0.5, 0.6) is 0 Å². The summed E-state index contributed by atoms with van der Waals surface area (Å²) in [6.45, 7) is 0.652. The lowest BCUT2D eigenvalue weighted by molar-refractivity contribution is -0.151. The fourth-order valence-corrected chi connectivity index (χ4v) is 2.99. The van der Waals surface area contributed by atoms with Crippen molar-refractivity contribution >= 4 is 22.8 Å². The molecule has 1 saturated heterocycles. The Balaban J connectivity index is 1.88. The second kappa shape index (κ2) is 5.42. The standard InChI is InChI=1S/C15H17N3O4/c1-22-9-15(14(20)21)5-6-18(8-15)13(19)11-4-2-3-10-7-16-17-12(10)11/h2-4,7H,5-6,8-9H2,1H3,(H,16,17)(H,20,21). The van der Waals surface area contributed by atoms with Crippen molar-refractivity contribution in [3.05, 3.63) is 30.0 Å². The Hall–Kier alpha value is -2.41. The number of methoxy groups -OCH3 is 1. The molecule has 116 valence electrons. The Kier molecular flexibility index (Phi) is 3.58. The van der Waals surface area contributed by atoms with E-state index in [1.807, 2.05) is 6.07 Å². The number of carbonyl (C=O) groups excluding carboxylic acids is 1. The van der Waals surface area contributed by atoms with E-state index >= 15 is 0 Å². The smallest absolute Gasteiger partial charge is 0.313 e. The lowest BCUT2D eigenvalue weighted by Gasteiger charge is -2.23. The Bertz CT molecular complexity index is 726. The van der Waals surface area contributed by atoms with Crippen LogP contribution in [0.25, 0.3) is 10.9 Å². The molecule has 1 unspecified atom stereocenters. The lowest BCUT2D eigenvalue weighted by Crippen LogP contribution is -2.40. The maximum atomic E-state index is 12.7. The third-order valence-electron chi connectivity index (χ3n) is 4.22. The van der Waals surface area contributed by atoms with Crippen LogP contribution >= 0.6 is 0 Å². The number of amides is 1. The number of ether oxygens (including phenoxy) is 1. The zero-order valence-corrected chi connectivity index (χ0v) is 12.2. The molecule has 0 aliphatic carbocycles. The van der Waals surface area contributed by atoms with Crippen molar-refractivity contribution in [2.75, 3.05) is 26.8 Å². The van der Waals surface area contributed by atoms with Gasteiger partial charge in [-0.05, 0) is 12.5 Å². The summed E-state index contributed by atoms with van der Waals surface area (Å²) in [5, 5.41) is 17.1. The van der Waals surface area contributed by atoms with Gasteiger partial charge >= 0.3 is 5.97 Å². The molecule has 0 bridgehead atoms. The van der Waals surface area contributed by atoms with Crippen LogP contribution in [0.3, 0.4) is 0 Å². The van der Waals surface area contributed by atoms with Gasteiger partial charge < -0.3 is 14.7 Å². The Morgan fingerprint density at radius 2 is 2.32 bits per heavy atom. The maximum Gasteiger partial charge on any atom is 0.313 e. The summed E-state index contributed by atoms with van der Waals surface area (Å²) in [7, 11) is 1.47. The molecular formula is C15H17N3O4. The first kappa shape index (κ1) is 14.5. The minimum absolute atomic E-state index is 0.0976. The summed E-state index contributed by atoms with van der Waals surface area (Å²) in [6.07, 6.45) is 2.05. The van der Waals surface area contributed by atoms with Gasteiger partial charge in [0.05, 0.1) is 23.9 Å². The number of carboxylic acids is 1. The van der Waals surface area contributed by atoms with Crippen molar-refractivity contribution < 1.29 is 19.4 Å². The molecule has 7 nitrogen and oxygen atoms in total. The number of nitrogens with one attached hydrogen (secondary N) is 1. The SMILES string of the molecule is COCC1(C(=O)O)CCN(C(=O)c2cccc3cn[nH]c23)C1. The number of para-hydroxylation sites is 1. The number of fused-ring (bicyclic) bond motifs is 1. The molecule has 1 aliphatic rings. The van der Waals surface area contributed by atoms with E-state index in [4.69, 9.17) is 4.74 Å². The number of aromatic amines is 1. The molecule has 1 aromatic carbocycles. The van der Waals surface area contributed by atoms with E-state index in [9.17, 15) is 14.7 Å². The third-order valence-corrected chi connectivity index (χ3v) is 4.22. The number of nitrogens with zero attached hydrogens (tertiary/aromatic N) is 2. The highest BCUT2D eigenvalue weighted by Crippen LogP contribution is 2.32. The van der Waals surface area contributed by atoms with Crippen molar-refractivity contribution in [2.24, 2.45) is 5.41 Å². The normalized spacial score (nSPS) is 21.4. The van der Waals surface area contributed by atoms with Crippen molar-refractivity contribution in [1.82, 2.24) is 15.1 Å². The number of H-pyrrole nitrogens is 1. The van der Waals surface area contributed by atoms with Gasteiger partial charge in [-0.25, -0.2) is 0 Å². The van der Waals surface area contributed by atoms with Crippen molar-refractivity contribution in [3.8, 4) is 0 Å². The average Bonchev–Trinajstić information content (AvgIpc) is 3.13. The predicted molar refractivity (Wildman–Crippen MR) is 78.6 cm³/mol. The van der Waals surface area contributed by atoms with Crippen LogP contribution in [0.15, 0.2) is 24.4 Å². The van der Waals surface area contributed by atoms with Gasteiger partial charge in [0, 0.05) is 25.6 Å². The lowest BCUT2D eigenvalue weighted by atomic mass is 9.88. The molecule has 1 fully saturated rings. The van der Waals surface area contributed by atoms with E-state index < -0.39 is 11.4 Å². The molecule has 7 heteroatoms. The van der Waals surface area contributed by atoms with E-state index in [1.165, 1.54) is 7.11 Å². The fraction of sp³-hybridized carbons (Fsp3) is 0.400. The molecule has 22 heavy (non-hydrogen) atoms. The molecule has 0 spiro atoms. The van der Waals surface area contributed by atoms with Gasteiger partial charge in [0.15, 0.2) is 0 Å². The second-order valence-corrected chi connectivity index (χ2v) is 5.64. The van der Waals surface area contributed by atoms with E-state index in [2.05, 4.69) is 10.2 Å². The summed E-state index contributed by atoms with van der Waals surface area (Å²) >= 11 is 0. The number of rotatable bonds is 4. The highest BCUT2D eigenvalue weighted by Gasteiger charge is 2.46. The quantitative estimate of drug-likeness (QED) is 0.882. The molecule has 1 atom stereocenters. The zero-order chi connectivity index (χ0) is 15.7. The number of aliphatic carboxylic acids is 1. The highest BCUT2D eigenvalue weighted by atomic mass is 16.5. The molecule has 0 saturated carbocycles. The Morgan fingerprint density at radius 1 is 1.50 bits per heavy atom. The van der Waals surface area contributed by atoms with Gasteiger partial charge in [0.25, 0.3) is 5.91 Å². The molecule has 3 rings (SSSR count). The van der Waals surface area contributed by atoms with Crippen LogP contribution in [-0.4, -0.2) is 58.9 Å². The average molecular weight is 303 g/mol. The highest BCUT2D eigenvalue weighted by molar-refractivity contribution is 6.05. The monoisotopic (exact) mass is 303 g/mol. The second-order valence-electron chi connectivity index (χ2n) is 5.64. The molecule has 1 amide bonds. The van der Waals surface area contributed by atoms with Crippen LogP contribution in [0.1, 0.15) is 16.8 Å². The molecule has 2 heterocycles. The fourth-order valence-electron chi connectivity index (χ4n) is 2.99. The van der Waals surface area contributed by atoms with Gasteiger partial charge in [-0.1, -0.05) is 12.1 Å². The minimum Gasteiger partial charge on any atom is -0.481 e. The number of benzene rings is 1. The molecule has 1 aromatic heterocycles. The van der Waals surface area contributed by atoms with Crippen molar-refractivity contribution in [3.63, 3.8) is 0 Å². The van der Waals surface area contributed by atoms with Crippen LogP contribution in [-0.2, 0) is 9.53 Å². The number of hydrogen-bond donors (Lipinski definition) is 2. The van der Waals surface area contributed by atoms with Gasteiger partial charge in [-0.15, -0.1) is 0 Å². The van der Waals surface area contributed by atoms with E-state index in [0.717, 1.165) is 5.39 Å². The van der Waals surface area contributed by atoms with Gasteiger partial charge in [0.2, 0.25) is 0 Å². The number of hydrogen-bond acceptors (Lipinski definition) is 4. The molecule has 2 N–H and O–H groups in total. The van der Waals surface area contributed by atoms with Crippen molar-refractivity contribution in [1.29, 1.82) is 0 Å². The van der Waals surface area contributed by atoms with Crippen LogP contribution in [0.2, 0.25) is 0 Å². The number of likely N-dealkylation sites (tertiary alicyclic amines) is 1. The van der Waals surface area contributed by atoms with E-state index in [1.54, 1.807) is 23.2 Å². The summed E-state index contributed by atoms with van der Waals surface area (Å²) in [4.78, 5) is 25.8. The van der Waals surface area contributed by atoms with Crippen LogP contribution < -0.4 is 0 Å². The summed E-state index contributed by atoms with van der Waals surface area (Å²) in [6, 6.07) is 5.38. The first-order chi connectivity index (χ1) is 10.6. The predicted octanol–water partition coefficient (Wildman–Crippen LogP) is 1.13. The zero-order valence-electron chi connectivity index (χ0n) is 12.2. The first-order valence-corrected chi connectivity index (χ1v) is 7.01.